The number of carboxylic acid groups (broad SMARTS) is 1. The van der Waals surface area contributed by atoms with Gasteiger partial charge in [0.25, 0.3) is 0 Å². The average molecular weight is 707 g/mol. The molecule has 0 bridgehead atoms. The maximum atomic E-state index is 13.7. The minimum atomic E-state index is -5.08. The first-order valence-electron chi connectivity index (χ1n) is 15.4. The Kier molecular flexibility index (Phi) is 11.5. The highest BCUT2D eigenvalue weighted by molar-refractivity contribution is 5.70. The van der Waals surface area contributed by atoms with Gasteiger partial charge in [0.15, 0.2) is 0 Å². The standard InChI is InChI=1S/C34H35F9N2O4/c1-3-44(18-21-4-6-23(7-5-21)31(46)47)30-13-12-29(49-34(41,42)43)16-24(30)20-45(27-8-10-28(48-2)11-9-27)19-22-14-25(32(35,36)37)17-26(15-22)33(38,39)40/h8-17,21,23H,3-7,18-20H2,1-2H3,(H,46,47). The number of aliphatic carboxylic acids is 1. The number of benzene rings is 3. The second-order valence-electron chi connectivity index (χ2n) is 11.9. The lowest BCUT2D eigenvalue weighted by atomic mass is 9.81. The van der Waals surface area contributed by atoms with Gasteiger partial charge in [-0.3, -0.25) is 4.79 Å². The summed E-state index contributed by atoms with van der Waals surface area (Å²) in [4.78, 5) is 14.8. The molecule has 0 aromatic heterocycles. The van der Waals surface area contributed by atoms with Crippen molar-refractivity contribution in [3.05, 3.63) is 82.9 Å². The Labute approximate surface area is 277 Å². The average Bonchev–Trinajstić information content (AvgIpc) is 3.02. The number of nitrogens with zero attached hydrogens (tertiary/aromatic N) is 2. The van der Waals surface area contributed by atoms with Crippen LogP contribution in [0.2, 0.25) is 0 Å². The fourth-order valence-electron chi connectivity index (χ4n) is 6.06. The zero-order valence-corrected chi connectivity index (χ0v) is 26.6. The van der Waals surface area contributed by atoms with E-state index in [0.717, 1.165) is 12.1 Å². The maximum absolute atomic E-state index is 13.7. The molecule has 3 aromatic carbocycles. The van der Waals surface area contributed by atoms with Crippen LogP contribution < -0.4 is 19.3 Å². The van der Waals surface area contributed by atoms with Crippen LogP contribution in [-0.4, -0.2) is 37.6 Å². The third-order valence-electron chi connectivity index (χ3n) is 8.50. The summed E-state index contributed by atoms with van der Waals surface area (Å²) >= 11 is 0. The molecule has 6 nitrogen and oxygen atoms in total. The highest BCUT2D eigenvalue weighted by Crippen LogP contribution is 2.38. The number of ether oxygens (including phenoxy) is 2. The lowest BCUT2D eigenvalue weighted by Crippen LogP contribution is -2.34. The summed E-state index contributed by atoms with van der Waals surface area (Å²) in [6, 6.07) is 11.1. The van der Waals surface area contributed by atoms with Crippen molar-refractivity contribution in [2.75, 3.05) is 30.0 Å². The van der Waals surface area contributed by atoms with E-state index < -0.39 is 54.0 Å². The van der Waals surface area contributed by atoms with Gasteiger partial charge in [0.2, 0.25) is 0 Å². The molecule has 268 valence electrons. The summed E-state index contributed by atoms with van der Waals surface area (Å²) in [7, 11) is 1.40. The van der Waals surface area contributed by atoms with E-state index in [9.17, 15) is 49.4 Å². The number of anilines is 2. The van der Waals surface area contributed by atoms with E-state index in [1.165, 1.54) is 42.3 Å². The molecule has 0 heterocycles. The number of methoxy groups -OCH3 is 1. The minimum Gasteiger partial charge on any atom is -0.497 e. The van der Waals surface area contributed by atoms with Crippen LogP contribution in [-0.2, 0) is 30.2 Å². The van der Waals surface area contributed by atoms with Crippen molar-refractivity contribution in [1.29, 1.82) is 0 Å². The molecule has 0 radical (unpaired) electrons. The molecule has 4 rings (SSSR count). The van der Waals surface area contributed by atoms with E-state index in [4.69, 9.17) is 4.74 Å². The Bertz CT molecular complexity index is 1530. The van der Waals surface area contributed by atoms with Crippen molar-refractivity contribution in [3.8, 4) is 11.5 Å². The molecule has 1 aliphatic carbocycles. The summed E-state index contributed by atoms with van der Waals surface area (Å²) in [5.41, 5.74) is -2.23. The van der Waals surface area contributed by atoms with Gasteiger partial charge in [-0.05, 0) is 110 Å². The van der Waals surface area contributed by atoms with Gasteiger partial charge in [-0.2, -0.15) is 26.3 Å². The Hall–Kier alpha value is -4.30. The molecule has 15 heteroatoms. The van der Waals surface area contributed by atoms with Gasteiger partial charge in [0.05, 0.1) is 24.2 Å². The fraction of sp³-hybridized carbons (Fsp3) is 0.441. The summed E-state index contributed by atoms with van der Waals surface area (Å²) in [5, 5.41) is 9.37. The Morgan fingerprint density at radius 3 is 1.84 bits per heavy atom. The van der Waals surface area contributed by atoms with Crippen LogP contribution in [0.4, 0.5) is 50.9 Å². The van der Waals surface area contributed by atoms with E-state index in [0.29, 0.717) is 68.0 Å². The molecule has 1 aliphatic rings. The summed E-state index contributed by atoms with van der Waals surface area (Å²) in [6.07, 6.45) is -13.0. The van der Waals surface area contributed by atoms with Gasteiger partial charge >= 0.3 is 24.7 Å². The van der Waals surface area contributed by atoms with E-state index >= 15 is 0 Å². The highest BCUT2D eigenvalue weighted by Gasteiger charge is 2.37. The number of halogens is 9. The van der Waals surface area contributed by atoms with E-state index in [2.05, 4.69) is 4.74 Å². The number of alkyl halides is 9. The van der Waals surface area contributed by atoms with Gasteiger partial charge in [0.1, 0.15) is 11.5 Å². The normalized spacial score (nSPS) is 17.0. The van der Waals surface area contributed by atoms with Crippen molar-refractivity contribution >= 4 is 17.3 Å². The van der Waals surface area contributed by atoms with E-state index in [1.807, 2.05) is 11.8 Å². The van der Waals surface area contributed by atoms with Crippen molar-refractivity contribution in [2.24, 2.45) is 11.8 Å². The van der Waals surface area contributed by atoms with Crippen molar-refractivity contribution < 1.29 is 58.9 Å². The zero-order valence-electron chi connectivity index (χ0n) is 26.6. The molecule has 3 aromatic rings. The lowest BCUT2D eigenvalue weighted by Gasteiger charge is -2.34. The van der Waals surface area contributed by atoms with E-state index in [-0.39, 0.29) is 29.7 Å². The molecular weight excluding hydrogens is 671 g/mol. The third kappa shape index (κ3) is 10.3. The first-order chi connectivity index (χ1) is 22.9. The number of carboxylic acids is 1. The Morgan fingerprint density at radius 1 is 0.776 bits per heavy atom. The molecule has 0 atom stereocenters. The van der Waals surface area contributed by atoms with Crippen molar-refractivity contribution in [3.63, 3.8) is 0 Å². The Balaban J connectivity index is 1.77. The largest absolute Gasteiger partial charge is 0.573 e. The fourth-order valence-corrected chi connectivity index (χ4v) is 6.06. The highest BCUT2D eigenvalue weighted by atomic mass is 19.4. The number of hydrogen-bond acceptors (Lipinski definition) is 5. The van der Waals surface area contributed by atoms with Gasteiger partial charge in [-0.25, -0.2) is 0 Å². The van der Waals surface area contributed by atoms with Gasteiger partial charge < -0.3 is 24.4 Å². The molecule has 49 heavy (non-hydrogen) atoms. The van der Waals surface area contributed by atoms with Crippen LogP contribution >= 0.6 is 0 Å². The van der Waals surface area contributed by atoms with Crippen LogP contribution in [0, 0.1) is 11.8 Å². The first-order valence-corrected chi connectivity index (χ1v) is 15.4. The lowest BCUT2D eigenvalue weighted by molar-refractivity contribution is -0.274. The predicted molar refractivity (Wildman–Crippen MR) is 163 cm³/mol. The van der Waals surface area contributed by atoms with E-state index in [1.54, 1.807) is 0 Å². The molecule has 1 fully saturated rings. The monoisotopic (exact) mass is 706 g/mol. The molecule has 0 amide bonds. The number of hydrogen-bond donors (Lipinski definition) is 1. The van der Waals surface area contributed by atoms with Crippen LogP contribution in [0.3, 0.4) is 0 Å². The van der Waals surface area contributed by atoms with Crippen LogP contribution in [0.5, 0.6) is 11.5 Å². The molecular formula is C34H35F9N2O4. The molecule has 1 N–H and O–H groups in total. The molecule has 0 saturated heterocycles. The second-order valence-corrected chi connectivity index (χ2v) is 11.9. The molecule has 0 unspecified atom stereocenters. The first kappa shape index (κ1) is 37.5. The Morgan fingerprint density at radius 2 is 1.35 bits per heavy atom. The SMILES string of the molecule is CCN(CC1CCC(C(=O)O)CC1)c1ccc(OC(F)(F)F)cc1CN(Cc1cc(C(F)(F)F)cc(C(F)(F)F)c1)c1ccc(OC)cc1. The second kappa shape index (κ2) is 15.1. The van der Waals surface area contributed by atoms with Gasteiger partial charge in [-0.15, -0.1) is 13.2 Å². The zero-order chi connectivity index (χ0) is 36.1. The van der Waals surface area contributed by atoms with Gasteiger partial charge in [0, 0.05) is 37.6 Å². The topological polar surface area (TPSA) is 62.2 Å². The summed E-state index contributed by atoms with van der Waals surface area (Å²) in [5.74, 6) is -1.38. The summed E-state index contributed by atoms with van der Waals surface area (Å²) in [6.45, 7) is 1.96. The number of carbonyl (C=O) groups is 1. The smallest absolute Gasteiger partial charge is 0.497 e. The van der Waals surface area contributed by atoms with Gasteiger partial charge in [-0.1, -0.05) is 0 Å². The maximum Gasteiger partial charge on any atom is 0.573 e. The third-order valence-corrected chi connectivity index (χ3v) is 8.50. The number of rotatable bonds is 12. The van der Waals surface area contributed by atoms with Crippen molar-refractivity contribution in [2.45, 2.75) is 64.4 Å². The molecule has 0 spiro atoms. The van der Waals surface area contributed by atoms with Crippen LogP contribution in [0.25, 0.3) is 0 Å². The molecule has 0 aliphatic heterocycles. The molecule has 1 saturated carbocycles. The quantitative estimate of drug-likeness (QED) is 0.190. The van der Waals surface area contributed by atoms with Crippen LogP contribution in [0.15, 0.2) is 60.7 Å². The van der Waals surface area contributed by atoms with Crippen molar-refractivity contribution in [1.82, 2.24) is 0 Å². The minimum absolute atomic E-state index is 0.0281. The van der Waals surface area contributed by atoms with Crippen LogP contribution in [0.1, 0.15) is 54.9 Å². The summed E-state index contributed by atoms with van der Waals surface area (Å²) < 4.78 is 131. The predicted octanol–water partition coefficient (Wildman–Crippen LogP) is 9.56.